The number of rotatable bonds is 0. The molecule has 2 saturated heterocycles. The zero-order valence-corrected chi connectivity index (χ0v) is 6.87. The van der Waals surface area contributed by atoms with Crippen molar-refractivity contribution in [1.82, 2.24) is 0 Å². The Morgan fingerprint density at radius 2 is 2.33 bits per heavy atom. The fourth-order valence-electron chi connectivity index (χ4n) is 2.45. The molecular formula is C9H10O3. The zero-order chi connectivity index (χ0) is 8.29. The first-order valence-corrected chi connectivity index (χ1v) is 4.34. The molecule has 0 aromatic rings. The highest BCUT2D eigenvalue weighted by Gasteiger charge is 2.52. The van der Waals surface area contributed by atoms with Crippen LogP contribution >= 0.6 is 0 Å². The summed E-state index contributed by atoms with van der Waals surface area (Å²) in [6.07, 6.45) is 1.15. The highest BCUT2D eigenvalue weighted by molar-refractivity contribution is 5.92. The normalized spacial score (nSPS) is 43.1. The maximum Gasteiger partial charge on any atom is 0.338 e. The highest BCUT2D eigenvalue weighted by Crippen LogP contribution is 2.48. The molecular weight excluding hydrogens is 156 g/mol. The average Bonchev–Trinajstić information content (AvgIpc) is 2.62. The molecule has 64 valence electrons. The summed E-state index contributed by atoms with van der Waals surface area (Å²) in [6, 6.07) is 0. The largest absolute Gasteiger partial charge is 0.493 e. The summed E-state index contributed by atoms with van der Waals surface area (Å²) in [6.45, 7) is 2.70. The van der Waals surface area contributed by atoms with Gasteiger partial charge in [0, 0.05) is 12.3 Å². The summed E-state index contributed by atoms with van der Waals surface area (Å²) in [5.74, 6) is 1.56. The molecule has 3 nitrogen and oxygen atoms in total. The van der Waals surface area contributed by atoms with Crippen LogP contribution in [0.25, 0.3) is 0 Å². The molecule has 2 fully saturated rings. The molecule has 0 aromatic carbocycles. The Hall–Kier alpha value is -0.990. The van der Waals surface area contributed by atoms with Gasteiger partial charge in [-0.15, -0.1) is 0 Å². The molecule has 0 aromatic heterocycles. The SMILES string of the molecule is CC1CC2=C3C(=O)OCC3C1O2. The van der Waals surface area contributed by atoms with Gasteiger partial charge in [0.05, 0.1) is 11.5 Å². The monoisotopic (exact) mass is 166 g/mol. The maximum absolute atomic E-state index is 11.2. The molecule has 3 heterocycles. The van der Waals surface area contributed by atoms with Crippen molar-refractivity contribution in [2.45, 2.75) is 19.4 Å². The Labute approximate surface area is 70.3 Å². The van der Waals surface area contributed by atoms with Crippen LogP contribution in [0.5, 0.6) is 0 Å². The van der Waals surface area contributed by atoms with Crippen molar-refractivity contribution in [3.63, 3.8) is 0 Å². The van der Waals surface area contributed by atoms with E-state index in [0.717, 1.165) is 17.8 Å². The number of allylic oxidation sites excluding steroid dienone is 1. The van der Waals surface area contributed by atoms with Crippen LogP contribution in [-0.2, 0) is 14.3 Å². The number of hydrogen-bond acceptors (Lipinski definition) is 3. The minimum Gasteiger partial charge on any atom is -0.493 e. The number of ether oxygens (including phenoxy) is 2. The van der Waals surface area contributed by atoms with Gasteiger partial charge in [0.2, 0.25) is 0 Å². The van der Waals surface area contributed by atoms with E-state index in [1.54, 1.807) is 0 Å². The molecule has 3 heteroatoms. The number of hydrogen-bond donors (Lipinski definition) is 0. The molecule has 0 aliphatic carbocycles. The van der Waals surface area contributed by atoms with Crippen molar-refractivity contribution in [3.05, 3.63) is 11.3 Å². The van der Waals surface area contributed by atoms with Crippen LogP contribution in [0.2, 0.25) is 0 Å². The lowest BCUT2D eigenvalue weighted by atomic mass is 9.83. The van der Waals surface area contributed by atoms with E-state index >= 15 is 0 Å². The topological polar surface area (TPSA) is 35.5 Å². The molecule has 0 N–H and O–H groups in total. The molecule has 3 aliphatic rings. The van der Waals surface area contributed by atoms with Gasteiger partial charge in [0.25, 0.3) is 0 Å². The minimum atomic E-state index is -0.149. The maximum atomic E-state index is 11.2. The minimum absolute atomic E-state index is 0.149. The molecule has 0 spiro atoms. The number of esters is 1. The number of carbonyl (C=O) groups excluding carboxylic acids is 1. The molecule has 3 atom stereocenters. The van der Waals surface area contributed by atoms with Gasteiger partial charge in [-0.25, -0.2) is 4.79 Å². The summed E-state index contributed by atoms with van der Waals surface area (Å²) in [7, 11) is 0. The van der Waals surface area contributed by atoms with E-state index in [4.69, 9.17) is 9.47 Å². The molecule has 0 saturated carbocycles. The van der Waals surface area contributed by atoms with Gasteiger partial charge in [-0.05, 0) is 0 Å². The molecule has 0 amide bonds. The van der Waals surface area contributed by atoms with Crippen LogP contribution in [0.4, 0.5) is 0 Å². The average molecular weight is 166 g/mol. The fraction of sp³-hybridized carbons (Fsp3) is 0.667. The van der Waals surface area contributed by atoms with Crippen LogP contribution in [-0.4, -0.2) is 18.7 Å². The smallest absolute Gasteiger partial charge is 0.338 e. The van der Waals surface area contributed by atoms with Gasteiger partial charge in [-0.3, -0.25) is 0 Å². The summed E-state index contributed by atoms with van der Waals surface area (Å²) in [5.41, 5.74) is 0.832. The molecule has 3 aliphatic heterocycles. The van der Waals surface area contributed by atoms with Crippen molar-refractivity contribution in [2.24, 2.45) is 11.8 Å². The van der Waals surface area contributed by atoms with E-state index in [9.17, 15) is 4.79 Å². The Morgan fingerprint density at radius 1 is 1.50 bits per heavy atom. The fourth-order valence-corrected chi connectivity index (χ4v) is 2.45. The second kappa shape index (κ2) is 1.84. The Morgan fingerprint density at radius 3 is 3.17 bits per heavy atom. The first-order chi connectivity index (χ1) is 5.77. The van der Waals surface area contributed by atoms with Gasteiger partial charge in [0.1, 0.15) is 18.5 Å². The van der Waals surface area contributed by atoms with Gasteiger partial charge < -0.3 is 9.47 Å². The predicted octanol–water partition coefficient (Wildman–Crippen LogP) is 0.852. The van der Waals surface area contributed by atoms with Crippen molar-refractivity contribution >= 4 is 5.97 Å². The van der Waals surface area contributed by atoms with Crippen LogP contribution < -0.4 is 0 Å². The second-order valence-corrected chi connectivity index (χ2v) is 3.81. The van der Waals surface area contributed by atoms with Crippen LogP contribution in [0.3, 0.4) is 0 Å². The zero-order valence-electron chi connectivity index (χ0n) is 6.87. The summed E-state index contributed by atoms with van der Waals surface area (Å²) >= 11 is 0. The third kappa shape index (κ3) is 0.564. The van der Waals surface area contributed by atoms with Crippen LogP contribution in [0.15, 0.2) is 11.3 Å². The van der Waals surface area contributed by atoms with Gasteiger partial charge in [-0.1, -0.05) is 6.92 Å². The Kier molecular flexibility index (Phi) is 1.000. The lowest BCUT2D eigenvalue weighted by Gasteiger charge is -2.16. The summed E-state index contributed by atoms with van der Waals surface area (Å²) < 4.78 is 10.6. The van der Waals surface area contributed by atoms with Crippen molar-refractivity contribution in [2.75, 3.05) is 6.61 Å². The van der Waals surface area contributed by atoms with E-state index in [1.807, 2.05) is 0 Å². The molecule has 3 unspecified atom stereocenters. The summed E-state index contributed by atoms with van der Waals surface area (Å²) in [4.78, 5) is 11.2. The predicted molar refractivity (Wildman–Crippen MR) is 40.1 cm³/mol. The number of fused-ring (bicyclic) bond motifs is 4. The van der Waals surface area contributed by atoms with E-state index < -0.39 is 0 Å². The highest BCUT2D eigenvalue weighted by atomic mass is 16.6. The quantitative estimate of drug-likeness (QED) is 0.500. The standard InChI is InChI=1S/C9H10O3/c1-4-2-6-7-5(8(4)12-6)3-11-9(7)10/h4-5,8H,2-3H2,1H3. The van der Waals surface area contributed by atoms with E-state index in [0.29, 0.717) is 12.5 Å². The number of carbonyl (C=O) groups is 1. The van der Waals surface area contributed by atoms with E-state index in [2.05, 4.69) is 6.92 Å². The Balaban J connectivity index is 2.09. The third-order valence-electron chi connectivity index (χ3n) is 3.03. The molecule has 12 heavy (non-hydrogen) atoms. The molecule has 2 bridgehead atoms. The van der Waals surface area contributed by atoms with Crippen molar-refractivity contribution in [3.8, 4) is 0 Å². The van der Waals surface area contributed by atoms with Crippen molar-refractivity contribution < 1.29 is 14.3 Å². The first kappa shape index (κ1) is 6.52. The summed E-state index contributed by atoms with van der Waals surface area (Å²) in [5, 5.41) is 0. The molecule has 0 radical (unpaired) electrons. The Bertz CT molecular complexity index is 292. The van der Waals surface area contributed by atoms with Gasteiger partial charge in [-0.2, -0.15) is 0 Å². The van der Waals surface area contributed by atoms with Crippen LogP contribution in [0.1, 0.15) is 13.3 Å². The second-order valence-electron chi connectivity index (χ2n) is 3.81. The van der Waals surface area contributed by atoms with Crippen molar-refractivity contribution in [1.29, 1.82) is 0 Å². The van der Waals surface area contributed by atoms with E-state index in [-0.39, 0.29) is 18.0 Å². The van der Waals surface area contributed by atoms with Gasteiger partial charge in [0.15, 0.2) is 0 Å². The lowest BCUT2D eigenvalue weighted by Crippen LogP contribution is -2.24. The van der Waals surface area contributed by atoms with Gasteiger partial charge >= 0.3 is 5.97 Å². The number of cyclic esters (lactones) is 1. The third-order valence-corrected chi connectivity index (χ3v) is 3.03. The molecule has 3 rings (SSSR count). The first-order valence-electron chi connectivity index (χ1n) is 4.34. The lowest BCUT2D eigenvalue weighted by molar-refractivity contribution is -0.135. The van der Waals surface area contributed by atoms with E-state index in [1.165, 1.54) is 0 Å². The van der Waals surface area contributed by atoms with Crippen LogP contribution in [0, 0.1) is 11.8 Å².